The van der Waals surface area contributed by atoms with E-state index >= 15 is 0 Å². The molecule has 0 aliphatic heterocycles. The molecule has 0 aromatic heterocycles. The van der Waals surface area contributed by atoms with Gasteiger partial charge in [0, 0.05) is 17.1 Å². The number of nitrogens with two attached hydrogens (primary N) is 1. The van der Waals surface area contributed by atoms with Crippen LogP contribution in [0, 0.1) is 11.8 Å². The SMILES string of the molecule is CO/N=C(/C)c1ccc(O)c2c1C[C@@H]1C[C@@H]3C(N(C)C)C(O)=C(C(N)=O)C(=O)[C@]3(O)C(O)=C1C2=O. The molecular weight excluding hydrogens is 458 g/mol. The number of ketones is 2. The number of aromatic hydroxyl groups is 1. The minimum Gasteiger partial charge on any atom is -0.510 e. The summed E-state index contributed by atoms with van der Waals surface area (Å²) in [7, 11) is 4.53. The maximum Gasteiger partial charge on any atom is 0.255 e. The molecule has 35 heavy (non-hydrogen) atoms. The molecule has 1 amide bonds. The zero-order valence-electron chi connectivity index (χ0n) is 19.7. The van der Waals surface area contributed by atoms with Crippen molar-refractivity contribution in [3.8, 4) is 5.75 Å². The van der Waals surface area contributed by atoms with Gasteiger partial charge in [0.15, 0.2) is 11.4 Å². The molecule has 11 nitrogen and oxygen atoms in total. The fourth-order valence-corrected chi connectivity index (χ4v) is 5.78. The third-order valence-electron chi connectivity index (χ3n) is 7.22. The van der Waals surface area contributed by atoms with Gasteiger partial charge in [-0.3, -0.25) is 19.3 Å². The number of likely N-dealkylation sites (N-methyl/N-ethyl adjacent to an activating group) is 1. The molecular formula is C24H27N3O8. The smallest absolute Gasteiger partial charge is 0.255 e. The third kappa shape index (κ3) is 3.26. The summed E-state index contributed by atoms with van der Waals surface area (Å²) < 4.78 is 0. The first kappa shape index (κ1) is 24.4. The maximum absolute atomic E-state index is 13.6. The highest BCUT2D eigenvalue weighted by Gasteiger charge is 2.63. The second kappa shape index (κ2) is 8.21. The number of allylic oxidation sites excluding steroid dienone is 1. The highest BCUT2D eigenvalue weighted by Crippen LogP contribution is 2.52. The molecule has 0 bridgehead atoms. The van der Waals surface area contributed by atoms with E-state index in [1.807, 2.05) is 0 Å². The van der Waals surface area contributed by atoms with Crippen molar-refractivity contribution in [2.45, 2.75) is 31.4 Å². The molecule has 3 aliphatic rings. The monoisotopic (exact) mass is 485 g/mol. The number of amides is 1. The van der Waals surface area contributed by atoms with E-state index in [0.717, 1.165) is 0 Å². The van der Waals surface area contributed by atoms with Crippen LogP contribution in [0.4, 0.5) is 0 Å². The number of carbonyl (C=O) groups excluding carboxylic acids is 3. The van der Waals surface area contributed by atoms with Crippen LogP contribution in [0.25, 0.3) is 0 Å². The lowest BCUT2D eigenvalue weighted by Crippen LogP contribution is -2.63. The summed E-state index contributed by atoms with van der Waals surface area (Å²) in [6, 6.07) is 1.88. The Morgan fingerprint density at radius 2 is 1.89 bits per heavy atom. The van der Waals surface area contributed by atoms with Crippen LogP contribution in [0.1, 0.15) is 34.8 Å². The lowest BCUT2D eigenvalue weighted by atomic mass is 9.58. The highest BCUT2D eigenvalue weighted by molar-refractivity contribution is 6.25. The van der Waals surface area contributed by atoms with Crippen molar-refractivity contribution < 1.29 is 39.6 Å². The number of phenols is 1. The zero-order valence-corrected chi connectivity index (χ0v) is 19.7. The Hall–Kier alpha value is -3.70. The minimum atomic E-state index is -2.66. The molecule has 11 heteroatoms. The number of Topliss-reactive ketones (excluding diaryl/α,β-unsaturated/α-hetero) is 2. The number of primary amides is 1. The summed E-state index contributed by atoms with van der Waals surface area (Å²) in [5.41, 5.74) is 3.05. The molecule has 1 aromatic rings. The summed E-state index contributed by atoms with van der Waals surface area (Å²) in [5, 5.41) is 48.1. The molecule has 0 spiro atoms. The van der Waals surface area contributed by atoms with Crippen LogP contribution in [0.15, 0.2) is 40.0 Å². The molecule has 1 aromatic carbocycles. The predicted molar refractivity (Wildman–Crippen MR) is 123 cm³/mol. The van der Waals surface area contributed by atoms with Crippen LogP contribution in [0.5, 0.6) is 5.75 Å². The number of rotatable bonds is 4. The zero-order chi connectivity index (χ0) is 26.0. The molecule has 0 fully saturated rings. The Morgan fingerprint density at radius 3 is 2.46 bits per heavy atom. The summed E-state index contributed by atoms with van der Waals surface area (Å²) in [6.45, 7) is 1.68. The standard InChI is InChI=1S/C24H27N3O8/c1-9(26-35-4)11-5-6-14(28)16-12(11)7-10-8-13-18(27(2)3)20(30)17(23(25)33)22(32)24(13,34)21(31)15(10)19(16)29/h5-6,10,13,18,28,30-31,34H,7-8H2,1-4H3,(H2,25,33)/b26-9-/t10-,13-,18?,24-/m1/s1. The van der Waals surface area contributed by atoms with Gasteiger partial charge in [-0.15, -0.1) is 0 Å². The summed E-state index contributed by atoms with van der Waals surface area (Å²) >= 11 is 0. The molecule has 186 valence electrons. The Kier molecular flexibility index (Phi) is 5.73. The van der Waals surface area contributed by atoms with Gasteiger partial charge in [0.2, 0.25) is 5.78 Å². The average molecular weight is 485 g/mol. The van der Waals surface area contributed by atoms with E-state index in [2.05, 4.69) is 5.16 Å². The number of carbonyl (C=O) groups is 3. The molecule has 6 N–H and O–H groups in total. The lowest BCUT2D eigenvalue weighted by molar-refractivity contribution is -0.148. The first-order chi connectivity index (χ1) is 16.4. The number of aliphatic hydroxyl groups is 3. The fraction of sp³-hybridized carbons (Fsp3) is 0.417. The van der Waals surface area contributed by atoms with Gasteiger partial charge in [-0.05, 0) is 57.5 Å². The van der Waals surface area contributed by atoms with Crippen LogP contribution in [-0.4, -0.2) is 81.4 Å². The van der Waals surface area contributed by atoms with E-state index < -0.39 is 58.0 Å². The topological polar surface area (TPSA) is 183 Å². The van der Waals surface area contributed by atoms with E-state index in [1.54, 1.807) is 27.1 Å². The van der Waals surface area contributed by atoms with Crippen LogP contribution < -0.4 is 5.73 Å². The maximum atomic E-state index is 13.6. The Morgan fingerprint density at radius 1 is 1.23 bits per heavy atom. The predicted octanol–water partition coefficient (Wildman–Crippen LogP) is 0.491. The van der Waals surface area contributed by atoms with E-state index in [1.165, 1.54) is 18.1 Å². The van der Waals surface area contributed by atoms with Gasteiger partial charge in [-0.2, -0.15) is 0 Å². The molecule has 0 saturated carbocycles. The number of aliphatic hydroxyl groups excluding tert-OH is 2. The van der Waals surface area contributed by atoms with Crippen LogP contribution >= 0.6 is 0 Å². The molecule has 4 rings (SSSR count). The number of nitrogens with zero attached hydrogens (tertiary/aromatic N) is 2. The van der Waals surface area contributed by atoms with Crippen LogP contribution in [0.3, 0.4) is 0 Å². The van der Waals surface area contributed by atoms with Crippen LogP contribution in [-0.2, 0) is 20.8 Å². The quantitative estimate of drug-likeness (QED) is 0.230. The van der Waals surface area contributed by atoms with Crippen molar-refractivity contribution in [3.63, 3.8) is 0 Å². The molecule has 4 atom stereocenters. The van der Waals surface area contributed by atoms with Crippen molar-refractivity contribution in [3.05, 3.63) is 51.5 Å². The Bertz CT molecular complexity index is 1260. The van der Waals surface area contributed by atoms with Gasteiger partial charge >= 0.3 is 0 Å². The molecule has 1 unspecified atom stereocenters. The minimum absolute atomic E-state index is 0.0152. The first-order valence-corrected chi connectivity index (χ1v) is 11.0. The van der Waals surface area contributed by atoms with Crippen molar-refractivity contribution in [2.24, 2.45) is 22.7 Å². The van der Waals surface area contributed by atoms with E-state index in [4.69, 9.17) is 10.6 Å². The van der Waals surface area contributed by atoms with Gasteiger partial charge in [0.05, 0.1) is 17.3 Å². The molecule has 0 heterocycles. The second-order valence-electron chi connectivity index (χ2n) is 9.31. The Balaban J connectivity index is 1.97. The number of hydrogen-bond donors (Lipinski definition) is 5. The summed E-state index contributed by atoms with van der Waals surface area (Å²) in [6.07, 6.45) is 0.191. The first-order valence-electron chi connectivity index (χ1n) is 11.0. The molecule has 3 aliphatic carbocycles. The second-order valence-corrected chi connectivity index (χ2v) is 9.31. The fourth-order valence-electron chi connectivity index (χ4n) is 5.78. The van der Waals surface area contributed by atoms with Crippen molar-refractivity contribution >= 4 is 23.2 Å². The summed E-state index contributed by atoms with van der Waals surface area (Å²) in [4.78, 5) is 45.2. The van der Waals surface area contributed by atoms with Gasteiger partial charge in [-0.25, -0.2) is 0 Å². The van der Waals surface area contributed by atoms with Gasteiger partial charge < -0.3 is 31.0 Å². The van der Waals surface area contributed by atoms with Crippen molar-refractivity contribution in [1.29, 1.82) is 0 Å². The van der Waals surface area contributed by atoms with E-state index in [0.29, 0.717) is 16.8 Å². The number of benzene rings is 1. The third-order valence-corrected chi connectivity index (χ3v) is 7.22. The van der Waals surface area contributed by atoms with Crippen molar-refractivity contribution in [2.75, 3.05) is 21.2 Å². The highest BCUT2D eigenvalue weighted by atomic mass is 16.6. The molecule has 0 saturated heterocycles. The van der Waals surface area contributed by atoms with E-state index in [9.17, 15) is 34.8 Å². The van der Waals surface area contributed by atoms with Gasteiger partial charge in [0.1, 0.15) is 30.0 Å². The number of fused-ring (bicyclic) bond motifs is 3. The summed E-state index contributed by atoms with van der Waals surface area (Å²) in [5.74, 6) is -6.86. The largest absolute Gasteiger partial charge is 0.510 e. The molecule has 0 radical (unpaired) electrons. The number of phenolic OH excluding ortho intramolecular Hbond substituents is 1. The number of hydrogen-bond acceptors (Lipinski definition) is 10. The van der Waals surface area contributed by atoms with Crippen molar-refractivity contribution in [1.82, 2.24) is 4.90 Å². The Labute approximate surface area is 200 Å². The van der Waals surface area contributed by atoms with Gasteiger partial charge in [0.25, 0.3) is 5.91 Å². The van der Waals surface area contributed by atoms with Crippen LogP contribution in [0.2, 0.25) is 0 Å². The lowest BCUT2D eigenvalue weighted by Gasteiger charge is -2.50. The average Bonchev–Trinajstić information content (AvgIpc) is 2.76. The van der Waals surface area contributed by atoms with Gasteiger partial charge in [-0.1, -0.05) is 5.16 Å². The normalized spacial score (nSPS) is 28.6. The number of oxime groups is 1. The van der Waals surface area contributed by atoms with E-state index in [-0.39, 0.29) is 29.7 Å².